The molecule has 1 aromatic heterocycles. The number of anilines is 1. The molecule has 5 aromatic rings. The lowest BCUT2D eigenvalue weighted by Crippen LogP contribution is -2.32. The summed E-state index contributed by atoms with van der Waals surface area (Å²) < 4.78 is 11.6. The van der Waals surface area contributed by atoms with Crippen LogP contribution in [0.1, 0.15) is 52.5 Å². The molecule has 0 radical (unpaired) electrons. The molecule has 4 aromatic carbocycles. The van der Waals surface area contributed by atoms with Crippen molar-refractivity contribution in [3.8, 4) is 17.0 Å². The van der Waals surface area contributed by atoms with Crippen LogP contribution in [0.2, 0.25) is 5.02 Å². The zero-order valence-electron chi connectivity index (χ0n) is 27.3. The molecule has 0 spiro atoms. The van der Waals surface area contributed by atoms with Crippen LogP contribution in [0.25, 0.3) is 22.2 Å². The number of ether oxygens (including phenoxy) is 2. The van der Waals surface area contributed by atoms with Crippen LogP contribution in [0.15, 0.2) is 103 Å². The van der Waals surface area contributed by atoms with Gasteiger partial charge in [0.05, 0.1) is 34.3 Å². The summed E-state index contributed by atoms with van der Waals surface area (Å²) in [7, 11) is 0. The third-order valence-electron chi connectivity index (χ3n) is 10.4. The summed E-state index contributed by atoms with van der Waals surface area (Å²) in [4.78, 5) is 59.8. The Kier molecular flexibility index (Phi) is 8.19. The van der Waals surface area contributed by atoms with E-state index in [1.54, 1.807) is 72.8 Å². The molecule has 0 N–H and O–H groups in total. The molecule has 5 atom stereocenters. The fraction of sp³-hybridized carbons (Fsp3) is 0.244. The van der Waals surface area contributed by atoms with E-state index in [-0.39, 0.29) is 35.0 Å². The molecule has 5 unspecified atom stereocenters. The molecule has 1 saturated heterocycles. The van der Waals surface area contributed by atoms with Gasteiger partial charge in [0.2, 0.25) is 17.6 Å². The van der Waals surface area contributed by atoms with E-state index in [4.69, 9.17) is 26.1 Å². The molecule has 3 aliphatic rings. The zero-order valence-corrected chi connectivity index (χ0v) is 28.0. The summed E-state index contributed by atoms with van der Waals surface area (Å²) in [5.41, 5.74) is 3.83. The molecule has 2 heterocycles. The molecule has 2 aliphatic carbocycles. The van der Waals surface area contributed by atoms with Crippen LogP contribution in [0.3, 0.4) is 0 Å². The third-order valence-corrected chi connectivity index (χ3v) is 10.6. The molecule has 8 nitrogen and oxygen atoms in total. The standard InChI is InChI=1S/C41H33ClN2O6/c1-23(38(45)26-11-16-31(17-12-26)49-22-24-5-3-2-4-6-24)50-41(48)33-21-35(43-34-18-13-29(42)20-32(33)34)25-9-14-30(15-10-25)44-39(46)36-27-7-8-28(19-27)37(36)40(44)47/h2-6,9-18,20-21,23,27-28,36-37H,7-8,19,22H2,1H3. The van der Waals surface area contributed by atoms with Gasteiger partial charge in [0.15, 0.2) is 6.10 Å². The van der Waals surface area contributed by atoms with Gasteiger partial charge in [-0.1, -0.05) is 54.1 Å². The van der Waals surface area contributed by atoms with Crippen LogP contribution < -0.4 is 9.64 Å². The summed E-state index contributed by atoms with van der Waals surface area (Å²) in [6, 6.07) is 30.2. The van der Waals surface area contributed by atoms with E-state index in [1.807, 2.05) is 30.3 Å². The van der Waals surface area contributed by atoms with Crippen LogP contribution >= 0.6 is 11.6 Å². The van der Waals surface area contributed by atoms with Crippen molar-refractivity contribution >= 4 is 51.8 Å². The lowest BCUT2D eigenvalue weighted by atomic mass is 9.81. The monoisotopic (exact) mass is 684 g/mol. The first kappa shape index (κ1) is 31.9. The quantitative estimate of drug-likeness (QED) is 0.0878. The van der Waals surface area contributed by atoms with Crippen LogP contribution in [0.5, 0.6) is 5.75 Å². The average molecular weight is 685 g/mol. The maximum Gasteiger partial charge on any atom is 0.339 e. The van der Waals surface area contributed by atoms with Gasteiger partial charge in [-0.15, -0.1) is 0 Å². The van der Waals surface area contributed by atoms with Crippen molar-refractivity contribution in [3.63, 3.8) is 0 Å². The number of carbonyl (C=O) groups is 4. The molecule has 8 rings (SSSR count). The number of imide groups is 1. The zero-order chi connectivity index (χ0) is 34.5. The Morgan fingerprint density at radius 1 is 0.860 bits per heavy atom. The summed E-state index contributed by atoms with van der Waals surface area (Å²) in [5, 5.41) is 0.902. The number of halogens is 1. The first-order chi connectivity index (χ1) is 24.2. The first-order valence-corrected chi connectivity index (χ1v) is 17.2. The lowest BCUT2D eigenvalue weighted by molar-refractivity contribution is -0.123. The average Bonchev–Trinajstić information content (AvgIpc) is 3.84. The topological polar surface area (TPSA) is 103 Å². The highest BCUT2D eigenvalue weighted by atomic mass is 35.5. The predicted octanol–water partition coefficient (Wildman–Crippen LogP) is 8.10. The number of nitrogens with zero attached hydrogens (tertiary/aromatic N) is 2. The van der Waals surface area contributed by atoms with Crippen molar-refractivity contribution in [2.45, 2.75) is 38.9 Å². The maximum atomic E-state index is 13.7. The summed E-state index contributed by atoms with van der Waals surface area (Å²) >= 11 is 6.31. The normalized spacial score (nSPS) is 21.4. The SMILES string of the molecule is CC(OC(=O)c1cc(-c2ccc(N3C(=O)C4C5CCC(C5)C4C3=O)cc2)nc2ccc(Cl)cc12)C(=O)c1ccc(OCc2ccccc2)cc1. The summed E-state index contributed by atoms with van der Waals surface area (Å²) in [5.74, 6) is -0.414. The van der Waals surface area contributed by atoms with Gasteiger partial charge in [-0.2, -0.15) is 0 Å². The van der Waals surface area contributed by atoms with E-state index < -0.39 is 12.1 Å². The number of aromatic nitrogens is 1. The number of amides is 2. The number of hydrogen-bond donors (Lipinski definition) is 0. The van der Waals surface area contributed by atoms with Crippen molar-refractivity contribution < 1.29 is 28.7 Å². The Hall–Kier alpha value is -5.34. The van der Waals surface area contributed by atoms with E-state index in [0.717, 1.165) is 24.8 Å². The van der Waals surface area contributed by atoms with Crippen molar-refractivity contribution in [3.05, 3.63) is 125 Å². The molecule has 250 valence electrons. The van der Waals surface area contributed by atoms with Gasteiger partial charge in [0.1, 0.15) is 12.4 Å². The highest BCUT2D eigenvalue weighted by Gasteiger charge is 2.61. The molecule has 2 bridgehead atoms. The Morgan fingerprint density at radius 3 is 2.22 bits per heavy atom. The van der Waals surface area contributed by atoms with Crippen LogP contribution in [-0.4, -0.2) is 34.7 Å². The van der Waals surface area contributed by atoms with E-state index >= 15 is 0 Å². The number of esters is 1. The number of carbonyl (C=O) groups excluding carboxylic acids is 4. The van der Waals surface area contributed by atoms with Gasteiger partial charge in [-0.05, 0) is 104 Å². The summed E-state index contributed by atoms with van der Waals surface area (Å²) in [6.45, 7) is 1.94. The molecular weight excluding hydrogens is 652 g/mol. The molecule has 2 saturated carbocycles. The predicted molar refractivity (Wildman–Crippen MR) is 189 cm³/mol. The lowest BCUT2D eigenvalue weighted by Gasteiger charge is -2.19. The molecule has 9 heteroatoms. The van der Waals surface area contributed by atoms with Crippen molar-refractivity contribution in [1.82, 2.24) is 4.98 Å². The van der Waals surface area contributed by atoms with Crippen molar-refractivity contribution in [1.29, 1.82) is 0 Å². The minimum Gasteiger partial charge on any atom is -0.489 e. The first-order valence-electron chi connectivity index (χ1n) is 16.9. The summed E-state index contributed by atoms with van der Waals surface area (Å²) in [6.07, 6.45) is 1.95. The highest BCUT2D eigenvalue weighted by Crippen LogP contribution is 2.56. The molecule has 2 amide bonds. The van der Waals surface area contributed by atoms with Gasteiger partial charge in [-0.3, -0.25) is 19.3 Å². The molecule has 1 aliphatic heterocycles. The van der Waals surface area contributed by atoms with Gasteiger partial charge < -0.3 is 9.47 Å². The second-order valence-electron chi connectivity index (χ2n) is 13.4. The largest absolute Gasteiger partial charge is 0.489 e. The van der Waals surface area contributed by atoms with Crippen LogP contribution in [-0.2, 0) is 20.9 Å². The van der Waals surface area contributed by atoms with Gasteiger partial charge >= 0.3 is 5.97 Å². The van der Waals surface area contributed by atoms with Crippen LogP contribution in [0, 0.1) is 23.7 Å². The number of pyridine rings is 1. The van der Waals surface area contributed by atoms with E-state index in [2.05, 4.69) is 0 Å². The number of fused-ring (bicyclic) bond motifs is 6. The van der Waals surface area contributed by atoms with Gasteiger partial charge in [-0.25, -0.2) is 9.78 Å². The third kappa shape index (κ3) is 5.73. The number of benzene rings is 4. The van der Waals surface area contributed by atoms with Crippen molar-refractivity contribution in [2.75, 3.05) is 4.90 Å². The molecule has 50 heavy (non-hydrogen) atoms. The molecular formula is C41H33ClN2O6. The minimum absolute atomic E-state index is 0.0957. The van der Waals surface area contributed by atoms with Crippen molar-refractivity contribution in [2.24, 2.45) is 23.7 Å². The Labute approximate surface area is 294 Å². The number of hydrogen-bond acceptors (Lipinski definition) is 7. The Bertz CT molecular complexity index is 2120. The molecule has 3 fully saturated rings. The fourth-order valence-corrected chi connectivity index (χ4v) is 8.10. The number of ketones is 1. The van der Waals surface area contributed by atoms with Gasteiger partial charge in [0, 0.05) is 21.5 Å². The van der Waals surface area contributed by atoms with Gasteiger partial charge in [0.25, 0.3) is 0 Å². The maximum absolute atomic E-state index is 13.7. The Balaban J connectivity index is 1.00. The van der Waals surface area contributed by atoms with E-state index in [1.165, 1.54) is 11.8 Å². The second kappa shape index (κ2) is 12.8. The number of Topliss-reactive ketones (excluding diaryl/α,β-unsaturated/α-hetero) is 1. The van der Waals surface area contributed by atoms with E-state index in [0.29, 0.717) is 62.6 Å². The minimum atomic E-state index is -1.08. The Morgan fingerprint density at radius 2 is 1.54 bits per heavy atom. The smallest absolute Gasteiger partial charge is 0.339 e. The van der Waals surface area contributed by atoms with E-state index in [9.17, 15) is 19.2 Å². The second-order valence-corrected chi connectivity index (χ2v) is 13.8. The fourth-order valence-electron chi connectivity index (χ4n) is 7.93. The highest BCUT2D eigenvalue weighted by molar-refractivity contribution is 6.31. The number of rotatable bonds is 9. The van der Waals surface area contributed by atoms with Crippen LogP contribution in [0.4, 0.5) is 5.69 Å².